The molecule has 0 saturated heterocycles. The van der Waals surface area contributed by atoms with Gasteiger partial charge in [0.15, 0.2) is 10.8 Å². The Kier molecular flexibility index (Phi) is 2.91. The van der Waals surface area contributed by atoms with Gasteiger partial charge in [-0.3, -0.25) is 4.72 Å². The minimum absolute atomic E-state index is 0.129. The molecule has 0 fully saturated rings. The topological polar surface area (TPSA) is 103 Å². The summed E-state index contributed by atoms with van der Waals surface area (Å²) in [5.74, 6) is -1.05. The van der Waals surface area contributed by atoms with E-state index in [1.54, 1.807) is 0 Å². The lowest BCUT2D eigenvalue weighted by atomic mass is 10.5. The van der Waals surface area contributed by atoms with Gasteiger partial charge in [0.1, 0.15) is 5.82 Å². The monoisotopic (exact) mass is 271 g/mol. The van der Waals surface area contributed by atoms with Crippen LogP contribution in [0, 0.1) is 5.95 Å². The Morgan fingerprint density at radius 1 is 1.44 bits per heavy atom. The zero-order valence-corrected chi connectivity index (χ0v) is 10.1. The first-order valence-electron chi connectivity index (χ1n) is 4.82. The van der Waals surface area contributed by atoms with Gasteiger partial charge in [-0.15, -0.1) is 0 Å². The lowest BCUT2D eigenvalue weighted by Crippen LogP contribution is -2.18. The quantitative estimate of drug-likeness (QED) is 0.783. The third-order valence-electron chi connectivity index (χ3n) is 2.12. The summed E-state index contributed by atoms with van der Waals surface area (Å²) in [5.41, 5.74) is 5.47. The largest absolute Gasteiger partial charge is 0.381 e. The second-order valence-corrected chi connectivity index (χ2v) is 5.09. The Labute approximate surface area is 103 Å². The van der Waals surface area contributed by atoms with Gasteiger partial charge in [-0.1, -0.05) is 6.07 Å². The molecule has 0 aromatic carbocycles. The molecule has 0 amide bonds. The molecule has 0 spiro atoms. The number of pyridine rings is 1. The first-order valence-corrected chi connectivity index (χ1v) is 6.30. The Morgan fingerprint density at radius 2 is 2.17 bits per heavy atom. The number of aromatic nitrogens is 3. The molecule has 2 rings (SSSR count). The summed E-state index contributed by atoms with van der Waals surface area (Å²) in [7, 11) is -2.47. The van der Waals surface area contributed by atoms with E-state index in [4.69, 9.17) is 5.73 Å². The van der Waals surface area contributed by atoms with Crippen molar-refractivity contribution in [3.8, 4) is 0 Å². The van der Waals surface area contributed by atoms with Crippen molar-refractivity contribution in [2.75, 3.05) is 10.5 Å². The van der Waals surface area contributed by atoms with Crippen molar-refractivity contribution in [2.45, 2.75) is 5.03 Å². The summed E-state index contributed by atoms with van der Waals surface area (Å²) in [6, 6.07) is 3.77. The number of anilines is 2. The Hall–Kier alpha value is -2.16. The maximum Gasteiger partial charge on any atom is 0.282 e. The molecule has 2 aromatic heterocycles. The zero-order chi connectivity index (χ0) is 13.3. The highest BCUT2D eigenvalue weighted by Gasteiger charge is 2.22. The van der Waals surface area contributed by atoms with E-state index in [0.717, 1.165) is 6.07 Å². The molecule has 2 aromatic rings. The van der Waals surface area contributed by atoms with Crippen molar-refractivity contribution in [2.24, 2.45) is 7.05 Å². The van der Waals surface area contributed by atoms with E-state index in [2.05, 4.69) is 14.7 Å². The summed E-state index contributed by atoms with van der Waals surface area (Å²) in [4.78, 5) is 7.07. The fraction of sp³-hybridized carbons (Fsp3) is 0.111. The van der Waals surface area contributed by atoms with Crippen molar-refractivity contribution in [3.63, 3.8) is 0 Å². The van der Waals surface area contributed by atoms with Crippen LogP contribution in [0.2, 0.25) is 0 Å². The molecule has 0 aliphatic rings. The molecular formula is C9H10FN5O2S. The summed E-state index contributed by atoms with van der Waals surface area (Å²) in [6.45, 7) is 0. The normalized spacial score (nSPS) is 11.4. The van der Waals surface area contributed by atoms with E-state index in [-0.39, 0.29) is 16.7 Å². The van der Waals surface area contributed by atoms with Crippen molar-refractivity contribution in [1.82, 2.24) is 14.5 Å². The average Bonchev–Trinajstić information content (AvgIpc) is 2.58. The number of hydrogen-bond donors (Lipinski definition) is 2. The van der Waals surface area contributed by atoms with E-state index in [1.165, 1.54) is 30.1 Å². The average molecular weight is 271 g/mol. The summed E-state index contributed by atoms with van der Waals surface area (Å²) in [6.07, 6.45) is 1.27. The number of rotatable bonds is 3. The van der Waals surface area contributed by atoms with Crippen LogP contribution in [-0.2, 0) is 17.1 Å². The number of nitrogens with zero attached hydrogens (tertiary/aromatic N) is 3. The lowest BCUT2D eigenvalue weighted by molar-refractivity contribution is 0.583. The third-order valence-corrected chi connectivity index (χ3v) is 3.60. The lowest BCUT2D eigenvalue weighted by Gasteiger charge is -2.08. The fourth-order valence-corrected chi connectivity index (χ4v) is 2.66. The first-order chi connectivity index (χ1) is 8.40. The molecule has 7 nitrogen and oxygen atoms in total. The van der Waals surface area contributed by atoms with Crippen molar-refractivity contribution < 1.29 is 12.8 Å². The summed E-state index contributed by atoms with van der Waals surface area (Å²) >= 11 is 0. The third kappa shape index (κ3) is 2.25. The number of nitrogen functional groups attached to an aromatic ring is 1. The highest BCUT2D eigenvalue weighted by Crippen LogP contribution is 2.18. The molecule has 0 atom stereocenters. The molecule has 0 aliphatic heterocycles. The van der Waals surface area contributed by atoms with Crippen LogP contribution in [0.5, 0.6) is 0 Å². The Morgan fingerprint density at radius 3 is 2.72 bits per heavy atom. The second-order valence-electron chi connectivity index (χ2n) is 3.50. The van der Waals surface area contributed by atoms with Crippen LogP contribution >= 0.6 is 0 Å². The molecule has 18 heavy (non-hydrogen) atoms. The molecule has 2 heterocycles. The van der Waals surface area contributed by atoms with Gasteiger partial charge in [0.25, 0.3) is 10.0 Å². The predicted octanol–water partition coefficient (Wildman–Crippen LogP) is 0.337. The van der Waals surface area contributed by atoms with Gasteiger partial charge in [0.2, 0.25) is 5.95 Å². The maximum atomic E-state index is 12.9. The molecule has 9 heteroatoms. The molecule has 0 bridgehead atoms. The van der Waals surface area contributed by atoms with E-state index in [0.29, 0.717) is 0 Å². The maximum absolute atomic E-state index is 12.9. The second kappa shape index (κ2) is 4.26. The van der Waals surface area contributed by atoms with Crippen molar-refractivity contribution in [1.29, 1.82) is 0 Å². The van der Waals surface area contributed by atoms with E-state index in [1.807, 2.05) is 0 Å². The molecule has 0 radical (unpaired) electrons. The van der Waals surface area contributed by atoms with Crippen LogP contribution in [0.4, 0.5) is 16.0 Å². The van der Waals surface area contributed by atoms with Crippen LogP contribution in [0.3, 0.4) is 0 Å². The number of nitrogens with two attached hydrogens (primary N) is 1. The standard InChI is InChI=1S/C9H10FN5O2S/c1-15-5-12-8(11)9(15)18(16,17)14-7-4-2-3-6(10)13-7/h2-5H,11H2,1H3,(H,13,14). The number of sulfonamides is 1. The SMILES string of the molecule is Cn1cnc(N)c1S(=O)(=O)Nc1cccc(F)n1. The number of nitrogens with one attached hydrogen (secondary N) is 1. The molecule has 96 valence electrons. The predicted molar refractivity (Wildman–Crippen MR) is 62.6 cm³/mol. The van der Waals surface area contributed by atoms with Gasteiger partial charge in [0, 0.05) is 7.05 Å². The minimum atomic E-state index is -3.95. The van der Waals surface area contributed by atoms with Gasteiger partial charge in [-0.05, 0) is 12.1 Å². The van der Waals surface area contributed by atoms with E-state index in [9.17, 15) is 12.8 Å². The number of halogens is 1. The van der Waals surface area contributed by atoms with Gasteiger partial charge in [-0.2, -0.15) is 12.8 Å². The van der Waals surface area contributed by atoms with Crippen LogP contribution in [0.1, 0.15) is 0 Å². The van der Waals surface area contributed by atoms with Crippen LogP contribution < -0.4 is 10.5 Å². The molecule has 0 saturated carbocycles. The smallest absolute Gasteiger partial charge is 0.282 e. The van der Waals surface area contributed by atoms with Gasteiger partial charge >= 0.3 is 0 Å². The molecular weight excluding hydrogens is 261 g/mol. The minimum Gasteiger partial charge on any atom is -0.381 e. The number of aryl methyl sites for hydroxylation is 1. The van der Waals surface area contributed by atoms with Gasteiger partial charge < -0.3 is 10.3 Å². The van der Waals surface area contributed by atoms with E-state index >= 15 is 0 Å². The van der Waals surface area contributed by atoms with Crippen LogP contribution in [0.25, 0.3) is 0 Å². The van der Waals surface area contributed by atoms with Crippen molar-refractivity contribution >= 4 is 21.7 Å². The van der Waals surface area contributed by atoms with E-state index < -0.39 is 16.0 Å². The van der Waals surface area contributed by atoms with Crippen molar-refractivity contribution in [3.05, 3.63) is 30.5 Å². The number of imidazole rings is 1. The molecule has 0 unspecified atom stereocenters. The van der Waals surface area contributed by atoms with Gasteiger partial charge in [-0.25, -0.2) is 9.97 Å². The zero-order valence-electron chi connectivity index (χ0n) is 9.33. The molecule has 0 aliphatic carbocycles. The highest BCUT2D eigenvalue weighted by molar-refractivity contribution is 7.92. The Balaban J connectivity index is 2.39. The molecule has 3 N–H and O–H groups in total. The summed E-state index contributed by atoms with van der Waals surface area (Å²) in [5, 5.41) is -0.200. The van der Waals surface area contributed by atoms with Crippen LogP contribution in [0.15, 0.2) is 29.6 Å². The Bertz CT molecular complexity index is 663. The first kappa shape index (κ1) is 12.3. The van der Waals surface area contributed by atoms with Crippen LogP contribution in [-0.4, -0.2) is 23.0 Å². The summed E-state index contributed by atoms with van der Waals surface area (Å²) < 4.78 is 40.2. The van der Waals surface area contributed by atoms with Gasteiger partial charge in [0.05, 0.1) is 6.33 Å². The fourth-order valence-electron chi connectivity index (χ4n) is 1.42. The number of hydrogen-bond acceptors (Lipinski definition) is 5. The highest BCUT2D eigenvalue weighted by atomic mass is 32.2.